The first-order chi connectivity index (χ1) is 12.5. The van der Waals surface area contributed by atoms with Crippen LogP contribution in [0.25, 0.3) is 0 Å². The van der Waals surface area contributed by atoms with Gasteiger partial charge in [0.15, 0.2) is 0 Å². The number of nitrogens with two attached hydrogens (primary N) is 1. The fraction of sp³-hybridized carbons (Fsp3) is 0.840. The minimum atomic E-state index is 0.512. The summed E-state index contributed by atoms with van der Waals surface area (Å²) in [5.74, 6) is 4.63. The Hall–Kier alpha value is -0.560. The molecule has 3 unspecified atom stereocenters. The molecule has 0 spiro atoms. The van der Waals surface area contributed by atoms with Crippen molar-refractivity contribution in [1.82, 2.24) is 0 Å². The van der Waals surface area contributed by atoms with Crippen molar-refractivity contribution in [3.63, 3.8) is 0 Å². The molecule has 0 heterocycles. The van der Waals surface area contributed by atoms with Gasteiger partial charge in [0.25, 0.3) is 0 Å². The summed E-state index contributed by atoms with van der Waals surface area (Å²) in [6.07, 6.45) is 21.4. The molecule has 146 valence electrons. The summed E-state index contributed by atoms with van der Waals surface area (Å²) in [6, 6.07) is 0. The van der Waals surface area contributed by atoms with Gasteiger partial charge in [0, 0.05) is 0 Å². The Labute approximate surface area is 161 Å². The van der Waals surface area contributed by atoms with E-state index in [1.165, 1.54) is 51.4 Å². The van der Waals surface area contributed by atoms with Crippen LogP contribution < -0.4 is 5.73 Å². The van der Waals surface area contributed by atoms with Crippen LogP contribution >= 0.6 is 0 Å². The van der Waals surface area contributed by atoms with Gasteiger partial charge < -0.3 is 5.73 Å². The molecule has 0 aromatic rings. The molecule has 0 amide bonds. The Morgan fingerprint density at radius 1 is 1.08 bits per heavy atom. The Balaban J connectivity index is 1.51. The van der Waals surface area contributed by atoms with Gasteiger partial charge in [0.05, 0.1) is 0 Å². The van der Waals surface area contributed by atoms with Crippen molar-refractivity contribution >= 4 is 0 Å². The zero-order valence-corrected chi connectivity index (χ0v) is 17.5. The first-order valence-electron chi connectivity index (χ1n) is 11.6. The number of rotatable bonds is 4. The van der Waals surface area contributed by atoms with Gasteiger partial charge in [-0.2, -0.15) is 0 Å². The predicted molar refractivity (Wildman–Crippen MR) is 112 cm³/mol. The lowest BCUT2D eigenvalue weighted by atomic mass is 9.46. The smallest absolute Gasteiger partial charge is 0.00503 e. The summed E-state index contributed by atoms with van der Waals surface area (Å²) in [4.78, 5) is 0. The average Bonchev–Trinajstić information content (AvgIpc) is 2.94. The zero-order valence-electron chi connectivity index (χ0n) is 17.5. The Kier molecular flexibility index (Phi) is 5.14. The van der Waals surface area contributed by atoms with Gasteiger partial charge in [-0.1, -0.05) is 44.6 Å². The van der Waals surface area contributed by atoms with E-state index in [9.17, 15) is 0 Å². The number of hydrogen-bond acceptors (Lipinski definition) is 1. The van der Waals surface area contributed by atoms with E-state index in [4.69, 9.17) is 5.73 Å². The van der Waals surface area contributed by atoms with Gasteiger partial charge in [-0.15, -0.1) is 0 Å². The summed E-state index contributed by atoms with van der Waals surface area (Å²) in [7, 11) is 0. The minimum Gasteiger partial charge on any atom is -0.330 e. The van der Waals surface area contributed by atoms with Crippen LogP contribution in [0.15, 0.2) is 23.8 Å². The predicted octanol–water partition coefficient (Wildman–Crippen LogP) is 6.50. The second-order valence-corrected chi connectivity index (χ2v) is 10.6. The van der Waals surface area contributed by atoms with E-state index in [1.807, 2.05) is 5.57 Å². The highest BCUT2D eigenvalue weighted by atomic mass is 14.6. The summed E-state index contributed by atoms with van der Waals surface area (Å²) in [6.45, 7) is 8.64. The molecule has 0 radical (unpaired) electrons. The van der Waals surface area contributed by atoms with Crippen molar-refractivity contribution in [2.75, 3.05) is 6.54 Å². The second-order valence-electron chi connectivity index (χ2n) is 10.6. The maximum absolute atomic E-state index is 5.62. The van der Waals surface area contributed by atoms with Crippen molar-refractivity contribution in [1.29, 1.82) is 0 Å². The third-order valence-corrected chi connectivity index (χ3v) is 9.58. The SMILES string of the molecule is C[C@H]1CCC2C3CCC4=C[C@H](/C=C/CCCN)CC[C@]4(C)C3CC[C@@]21C. The van der Waals surface area contributed by atoms with E-state index >= 15 is 0 Å². The molecule has 0 aromatic heterocycles. The highest BCUT2D eigenvalue weighted by Crippen LogP contribution is 2.66. The molecule has 0 aromatic carbocycles. The molecule has 3 saturated carbocycles. The number of unbranched alkanes of at least 4 members (excludes halogenated alkanes) is 1. The summed E-state index contributed by atoms with van der Waals surface area (Å²) >= 11 is 0. The summed E-state index contributed by atoms with van der Waals surface area (Å²) < 4.78 is 0. The van der Waals surface area contributed by atoms with Crippen molar-refractivity contribution in [3.8, 4) is 0 Å². The van der Waals surface area contributed by atoms with Crippen LogP contribution in [0.2, 0.25) is 0 Å². The minimum absolute atomic E-state index is 0.512. The lowest BCUT2D eigenvalue weighted by Crippen LogP contribution is -2.50. The fourth-order valence-corrected chi connectivity index (χ4v) is 7.68. The lowest BCUT2D eigenvalue weighted by Gasteiger charge is -2.58. The monoisotopic (exact) mass is 355 g/mol. The third kappa shape index (κ3) is 2.93. The van der Waals surface area contributed by atoms with E-state index in [0.29, 0.717) is 16.7 Å². The Morgan fingerprint density at radius 2 is 1.92 bits per heavy atom. The molecule has 1 nitrogen and oxygen atoms in total. The van der Waals surface area contributed by atoms with Crippen LogP contribution in [0, 0.1) is 40.4 Å². The second kappa shape index (κ2) is 7.12. The molecule has 0 saturated heterocycles. The van der Waals surface area contributed by atoms with E-state index in [2.05, 4.69) is 39.0 Å². The molecular formula is C25H41N. The van der Waals surface area contributed by atoms with E-state index < -0.39 is 0 Å². The quantitative estimate of drug-likeness (QED) is 0.452. The standard InChI is InChI=1S/C25H41N/c1-18-8-11-22-21-10-9-20-17-19(7-5-4-6-16-26)12-14-25(20,3)23(21)13-15-24(18,22)2/h5,7,17-19,21-23H,4,6,8-16,26H2,1-3H3/b7-5+/t18-,19+,21?,22?,23?,24+,25-/m0/s1. The molecule has 7 atom stereocenters. The average molecular weight is 356 g/mol. The summed E-state index contributed by atoms with van der Waals surface area (Å²) in [5.41, 5.74) is 8.62. The number of fused-ring (bicyclic) bond motifs is 5. The van der Waals surface area contributed by atoms with E-state index in [1.54, 1.807) is 0 Å². The summed E-state index contributed by atoms with van der Waals surface area (Å²) in [5, 5.41) is 0. The van der Waals surface area contributed by atoms with Gasteiger partial charge in [-0.25, -0.2) is 0 Å². The van der Waals surface area contributed by atoms with Crippen LogP contribution in [0.3, 0.4) is 0 Å². The van der Waals surface area contributed by atoms with E-state index in [-0.39, 0.29) is 0 Å². The molecule has 26 heavy (non-hydrogen) atoms. The van der Waals surface area contributed by atoms with Crippen LogP contribution in [-0.4, -0.2) is 6.54 Å². The van der Waals surface area contributed by atoms with Crippen LogP contribution in [0.1, 0.15) is 85.0 Å². The highest BCUT2D eigenvalue weighted by Gasteiger charge is 2.57. The Bertz CT molecular complexity index is 575. The van der Waals surface area contributed by atoms with Gasteiger partial charge in [-0.3, -0.25) is 0 Å². The lowest BCUT2D eigenvalue weighted by molar-refractivity contribution is -0.0496. The van der Waals surface area contributed by atoms with Gasteiger partial charge in [0.2, 0.25) is 0 Å². The molecule has 0 aliphatic heterocycles. The van der Waals surface area contributed by atoms with Crippen molar-refractivity contribution < 1.29 is 0 Å². The number of hydrogen-bond donors (Lipinski definition) is 1. The maximum atomic E-state index is 5.62. The van der Waals surface area contributed by atoms with Crippen molar-refractivity contribution in [2.24, 2.45) is 46.2 Å². The first-order valence-corrected chi connectivity index (χ1v) is 11.6. The van der Waals surface area contributed by atoms with E-state index in [0.717, 1.165) is 43.1 Å². The van der Waals surface area contributed by atoms with Crippen LogP contribution in [0.4, 0.5) is 0 Å². The first kappa shape index (κ1) is 18.8. The van der Waals surface area contributed by atoms with Gasteiger partial charge >= 0.3 is 0 Å². The molecule has 4 aliphatic carbocycles. The highest BCUT2D eigenvalue weighted by molar-refractivity contribution is 5.26. The Morgan fingerprint density at radius 3 is 2.73 bits per heavy atom. The normalized spacial score (nSPS) is 48.0. The fourth-order valence-electron chi connectivity index (χ4n) is 7.68. The topological polar surface area (TPSA) is 26.0 Å². The van der Waals surface area contributed by atoms with Crippen LogP contribution in [0.5, 0.6) is 0 Å². The molecule has 1 heteroatoms. The molecule has 3 fully saturated rings. The molecule has 2 N–H and O–H groups in total. The van der Waals surface area contributed by atoms with Crippen LogP contribution in [-0.2, 0) is 0 Å². The van der Waals surface area contributed by atoms with Crippen molar-refractivity contribution in [3.05, 3.63) is 23.8 Å². The molecule has 4 rings (SSSR count). The zero-order chi connectivity index (χ0) is 18.4. The molecule has 4 aliphatic rings. The number of allylic oxidation sites excluding steroid dienone is 4. The van der Waals surface area contributed by atoms with Gasteiger partial charge in [0.1, 0.15) is 0 Å². The largest absolute Gasteiger partial charge is 0.330 e. The maximum Gasteiger partial charge on any atom is -0.00503 e. The van der Waals surface area contributed by atoms with Crippen molar-refractivity contribution in [2.45, 2.75) is 85.0 Å². The molecular weight excluding hydrogens is 314 g/mol. The van der Waals surface area contributed by atoms with Gasteiger partial charge in [-0.05, 0) is 111 Å². The molecule has 0 bridgehead atoms. The third-order valence-electron chi connectivity index (χ3n) is 9.58.